The fourth-order valence-electron chi connectivity index (χ4n) is 3.55. The van der Waals surface area contributed by atoms with Crippen molar-refractivity contribution < 1.29 is 9.59 Å². The summed E-state index contributed by atoms with van der Waals surface area (Å²) >= 11 is 0. The second kappa shape index (κ2) is 8.70. The Morgan fingerprint density at radius 2 is 1.62 bits per heavy atom. The van der Waals surface area contributed by atoms with Crippen LogP contribution in [0.4, 0.5) is 5.69 Å². The number of nitrogens with one attached hydrogen (secondary N) is 2. The molecule has 1 aliphatic rings. The number of hydrogen-bond acceptors (Lipinski definition) is 2. The van der Waals surface area contributed by atoms with Crippen LogP contribution in [0.3, 0.4) is 0 Å². The summed E-state index contributed by atoms with van der Waals surface area (Å²) in [6, 6.07) is 7.67. The molecule has 1 aromatic carbocycles. The van der Waals surface area contributed by atoms with Gasteiger partial charge in [-0.2, -0.15) is 0 Å². The first-order chi connectivity index (χ1) is 12.2. The lowest BCUT2D eigenvalue weighted by Gasteiger charge is -2.36. The average molecular weight is 359 g/mol. The highest BCUT2D eigenvalue weighted by Crippen LogP contribution is 2.39. The van der Waals surface area contributed by atoms with E-state index >= 15 is 0 Å². The van der Waals surface area contributed by atoms with Crippen LogP contribution in [0.1, 0.15) is 65.9 Å². The van der Waals surface area contributed by atoms with Crippen LogP contribution in [0, 0.1) is 23.2 Å². The van der Waals surface area contributed by atoms with Gasteiger partial charge >= 0.3 is 0 Å². The third-order valence-corrected chi connectivity index (χ3v) is 5.54. The van der Waals surface area contributed by atoms with Crippen LogP contribution in [-0.4, -0.2) is 11.8 Å². The minimum atomic E-state index is -0.0395. The van der Waals surface area contributed by atoms with Gasteiger partial charge in [0.25, 0.3) is 0 Å². The summed E-state index contributed by atoms with van der Waals surface area (Å²) in [5.74, 6) is 1.02. The summed E-state index contributed by atoms with van der Waals surface area (Å²) in [4.78, 5) is 24.2. The molecule has 4 heteroatoms. The van der Waals surface area contributed by atoms with Crippen molar-refractivity contribution in [3.63, 3.8) is 0 Å². The molecule has 26 heavy (non-hydrogen) atoms. The van der Waals surface area contributed by atoms with E-state index in [-0.39, 0.29) is 23.7 Å². The molecular weight excluding hydrogens is 324 g/mol. The number of rotatable bonds is 5. The summed E-state index contributed by atoms with van der Waals surface area (Å²) in [5, 5.41) is 5.95. The zero-order chi connectivity index (χ0) is 19.3. The third kappa shape index (κ3) is 5.86. The van der Waals surface area contributed by atoms with Gasteiger partial charge in [-0.1, -0.05) is 46.8 Å². The standard InChI is InChI=1S/C22H34N2O2/c1-15(2)20(25)24-19-12-6-16(7-13-19)14-23-21(26)17-8-10-18(11-9-17)22(3,4)5/h6-7,12-13,15,17-18H,8-11,14H2,1-5H3,(H,23,26)(H,24,25). The molecule has 0 bridgehead atoms. The quantitative estimate of drug-likeness (QED) is 0.798. The first kappa shape index (κ1) is 20.5. The molecular formula is C22H34N2O2. The smallest absolute Gasteiger partial charge is 0.226 e. The Morgan fingerprint density at radius 1 is 1.04 bits per heavy atom. The van der Waals surface area contributed by atoms with Gasteiger partial charge in [0.05, 0.1) is 0 Å². The lowest BCUT2D eigenvalue weighted by molar-refractivity contribution is -0.126. The largest absolute Gasteiger partial charge is 0.352 e. The van der Waals surface area contributed by atoms with Crippen molar-refractivity contribution in [3.05, 3.63) is 29.8 Å². The van der Waals surface area contributed by atoms with Gasteiger partial charge < -0.3 is 10.6 Å². The Morgan fingerprint density at radius 3 is 2.12 bits per heavy atom. The molecule has 0 saturated heterocycles. The van der Waals surface area contributed by atoms with E-state index in [9.17, 15) is 9.59 Å². The Hall–Kier alpha value is -1.84. The van der Waals surface area contributed by atoms with Gasteiger partial charge in [-0.05, 0) is 54.7 Å². The van der Waals surface area contributed by atoms with Crippen molar-refractivity contribution >= 4 is 17.5 Å². The highest BCUT2D eigenvalue weighted by molar-refractivity contribution is 5.92. The van der Waals surface area contributed by atoms with Crippen LogP contribution in [0.2, 0.25) is 0 Å². The molecule has 0 unspecified atom stereocenters. The number of carbonyl (C=O) groups excluding carboxylic acids is 2. The molecule has 0 spiro atoms. The van der Waals surface area contributed by atoms with E-state index in [2.05, 4.69) is 31.4 Å². The topological polar surface area (TPSA) is 58.2 Å². The summed E-state index contributed by atoms with van der Waals surface area (Å²) in [6.07, 6.45) is 4.28. The number of amides is 2. The second-order valence-corrected chi connectivity index (χ2v) is 8.97. The van der Waals surface area contributed by atoms with Crippen molar-refractivity contribution in [2.24, 2.45) is 23.2 Å². The Balaban J connectivity index is 1.78. The molecule has 1 saturated carbocycles. The predicted molar refractivity (Wildman–Crippen MR) is 107 cm³/mol. The van der Waals surface area contributed by atoms with Crippen LogP contribution >= 0.6 is 0 Å². The van der Waals surface area contributed by atoms with E-state index in [4.69, 9.17) is 0 Å². The van der Waals surface area contributed by atoms with E-state index in [1.54, 1.807) is 0 Å². The molecule has 2 amide bonds. The highest BCUT2D eigenvalue weighted by atomic mass is 16.2. The zero-order valence-corrected chi connectivity index (χ0v) is 16.9. The molecule has 0 heterocycles. The van der Waals surface area contributed by atoms with Gasteiger partial charge in [0, 0.05) is 24.1 Å². The number of anilines is 1. The summed E-state index contributed by atoms with van der Waals surface area (Å²) in [7, 11) is 0. The minimum absolute atomic E-state index is 0.0110. The molecule has 1 aliphatic carbocycles. The van der Waals surface area contributed by atoms with E-state index < -0.39 is 0 Å². The maximum absolute atomic E-state index is 12.4. The van der Waals surface area contributed by atoms with E-state index in [0.717, 1.165) is 42.9 Å². The first-order valence-electron chi connectivity index (χ1n) is 9.84. The van der Waals surface area contributed by atoms with Gasteiger partial charge in [0.15, 0.2) is 0 Å². The van der Waals surface area contributed by atoms with E-state index in [1.807, 2.05) is 38.1 Å². The van der Waals surface area contributed by atoms with Crippen molar-refractivity contribution in [3.8, 4) is 0 Å². The van der Waals surface area contributed by atoms with Crippen molar-refractivity contribution in [1.82, 2.24) is 5.32 Å². The molecule has 1 fully saturated rings. The Labute approximate surface area is 158 Å². The number of carbonyl (C=O) groups is 2. The predicted octanol–water partition coefficient (Wildman–Crippen LogP) is 4.75. The summed E-state index contributed by atoms with van der Waals surface area (Å²) < 4.78 is 0. The molecule has 2 N–H and O–H groups in total. The van der Waals surface area contributed by atoms with E-state index in [0.29, 0.717) is 12.0 Å². The van der Waals surface area contributed by atoms with Gasteiger partial charge in [0.1, 0.15) is 0 Å². The molecule has 4 nitrogen and oxygen atoms in total. The van der Waals surface area contributed by atoms with Crippen molar-refractivity contribution in [1.29, 1.82) is 0 Å². The summed E-state index contributed by atoms with van der Waals surface area (Å²) in [6.45, 7) is 11.2. The molecule has 1 aromatic rings. The average Bonchev–Trinajstić information content (AvgIpc) is 2.60. The summed E-state index contributed by atoms with van der Waals surface area (Å²) in [5.41, 5.74) is 2.18. The van der Waals surface area contributed by atoms with Gasteiger partial charge in [-0.3, -0.25) is 9.59 Å². The molecule has 2 rings (SSSR count). The van der Waals surface area contributed by atoms with Crippen LogP contribution < -0.4 is 10.6 Å². The van der Waals surface area contributed by atoms with Gasteiger partial charge in [-0.25, -0.2) is 0 Å². The first-order valence-corrected chi connectivity index (χ1v) is 9.84. The van der Waals surface area contributed by atoms with Crippen molar-refractivity contribution in [2.45, 2.75) is 66.8 Å². The van der Waals surface area contributed by atoms with Crippen LogP contribution in [-0.2, 0) is 16.1 Å². The molecule has 0 aromatic heterocycles. The lowest BCUT2D eigenvalue weighted by atomic mass is 9.69. The van der Waals surface area contributed by atoms with Crippen molar-refractivity contribution in [2.75, 3.05) is 5.32 Å². The van der Waals surface area contributed by atoms with Crippen LogP contribution in [0.25, 0.3) is 0 Å². The van der Waals surface area contributed by atoms with Crippen LogP contribution in [0.5, 0.6) is 0 Å². The number of benzene rings is 1. The lowest BCUT2D eigenvalue weighted by Crippen LogP contribution is -2.35. The third-order valence-electron chi connectivity index (χ3n) is 5.54. The van der Waals surface area contributed by atoms with E-state index in [1.165, 1.54) is 0 Å². The fraction of sp³-hybridized carbons (Fsp3) is 0.636. The Kier molecular flexibility index (Phi) is 6.85. The second-order valence-electron chi connectivity index (χ2n) is 8.97. The van der Waals surface area contributed by atoms with Crippen LogP contribution in [0.15, 0.2) is 24.3 Å². The minimum Gasteiger partial charge on any atom is -0.352 e. The molecule has 0 atom stereocenters. The number of hydrogen-bond donors (Lipinski definition) is 2. The monoisotopic (exact) mass is 358 g/mol. The Bertz CT molecular complexity index is 606. The molecule has 0 radical (unpaired) electrons. The van der Waals surface area contributed by atoms with Gasteiger partial charge in [-0.15, -0.1) is 0 Å². The SMILES string of the molecule is CC(C)C(=O)Nc1ccc(CNC(=O)C2CCC(C(C)(C)C)CC2)cc1. The maximum Gasteiger partial charge on any atom is 0.226 e. The normalized spacial score (nSPS) is 20.7. The molecule has 144 valence electrons. The zero-order valence-electron chi connectivity index (χ0n) is 16.9. The molecule has 0 aliphatic heterocycles. The fourth-order valence-corrected chi connectivity index (χ4v) is 3.55. The maximum atomic E-state index is 12.4. The highest BCUT2D eigenvalue weighted by Gasteiger charge is 2.32. The van der Waals surface area contributed by atoms with Gasteiger partial charge in [0.2, 0.25) is 11.8 Å².